The number of hydrogen-bond donors (Lipinski definition) is 2. The predicted molar refractivity (Wildman–Crippen MR) is 53.9 cm³/mol. The third kappa shape index (κ3) is 1.93. The second-order valence-electron chi connectivity index (χ2n) is 3.35. The van der Waals surface area contributed by atoms with Crippen LogP contribution >= 0.6 is 10.7 Å². The summed E-state index contributed by atoms with van der Waals surface area (Å²) in [6, 6.07) is -0.700. The highest BCUT2D eigenvalue weighted by Crippen LogP contribution is 2.27. The molecule has 3 amide bonds. The standard InChI is InChI=1S/C7H11ClN2O4S/c1-3-7(4(2)15(8,13)14)5(11)9-6(12)10-7/h4H,3H2,1-2H3,(H2,9,10,11,12). The van der Waals surface area contributed by atoms with E-state index >= 15 is 0 Å². The first kappa shape index (κ1) is 12.3. The third-order valence-corrected chi connectivity index (χ3v) is 4.69. The second-order valence-corrected chi connectivity index (χ2v) is 6.30. The largest absolute Gasteiger partial charge is 0.322 e. The Morgan fingerprint density at radius 2 is 2.00 bits per heavy atom. The quantitative estimate of drug-likeness (QED) is 0.545. The average Bonchev–Trinajstić information content (AvgIpc) is 2.39. The van der Waals surface area contributed by atoms with Crippen LogP contribution in [0.25, 0.3) is 0 Å². The number of imide groups is 1. The zero-order valence-corrected chi connectivity index (χ0v) is 9.78. The van der Waals surface area contributed by atoms with Crippen molar-refractivity contribution in [3.8, 4) is 0 Å². The van der Waals surface area contributed by atoms with Gasteiger partial charge in [-0.2, -0.15) is 0 Å². The van der Waals surface area contributed by atoms with Crippen molar-refractivity contribution in [1.29, 1.82) is 0 Å². The molecule has 0 radical (unpaired) electrons. The Morgan fingerprint density at radius 3 is 2.27 bits per heavy atom. The van der Waals surface area contributed by atoms with Crippen LogP contribution in [0.2, 0.25) is 0 Å². The molecule has 1 heterocycles. The van der Waals surface area contributed by atoms with Crippen LogP contribution in [-0.4, -0.2) is 31.1 Å². The molecule has 0 bridgehead atoms. The fourth-order valence-electron chi connectivity index (χ4n) is 1.57. The minimum atomic E-state index is -3.92. The SMILES string of the molecule is CCC1(C(C)S(=O)(=O)Cl)NC(=O)NC1=O. The maximum atomic E-state index is 11.5. The lowest BCUT2D eigenvalue weighted by atomic mass is 9.93. The molecule has 1 saturated heterocycles. The van der Waals surface area contributed by atoms with E-state index in [2.05, 4.69) is 5.32 Å². The van der Waals surface area contributed by atoms with E-state index in [0.29, 0.717) is 0 Å². The Balaban J connectivity index is 3.17. The van der Waals surface area contributed by atoms with Gasteiger partial charge in [0.1, 0.15) is 10.8 Å². The van der Waals surface area contributed by atoms with Gasteiger partial charge < -0.3 is 5.32 Å². The van der Waals surface area contributed by atoms with E-state index < -0.39 is 31.8 Å². The topological polar surface area (TPSA) is 92.3 Å². The first-order chi connectivity index (χ1) is 6.74. The van der Waals surface area contributed by atoms with Crippen LogP contribution in [0.15, 0.2) is 0 Å². The van der Waals surface area contributed by atoms with Crippen molar-refractivity contribution in [3.05, 3.63) is 0 Å². The Morgan fingerprint density at radius 1 is 1.47 bits per heavy atom. The highest BCUT2D eigenvalue weighted by molar-refractivity contribution is 8.14. The van der Waals surface area contributed by atoms with Crippen LogP contribution < -0.4 is 10.6 Å². The Kier molecular flexibility index (Phi) is 2.97. The van der Waals surface area contributed by atoms with Gasteiger partial charge in [-0.1, -0.05) is 6.92 Å². The fraction of sp³-hybridized carbons (Fsp3) is 0.714. The van der Waals surface area contributed by atoms with Crippen molar-refractivity contribution in [2.45, 2.75) is 31.1 Å². The fourth-order valence-corrected chi connectivity index (χ4v) is 2.84. The minimum Gasteiger partial charge on any atom is -0.322 e. The summed E-state index contributed by atoms with van der Waals surface area (Å²) in [5, 5.41) is 3.13. The zero-order chi connectivity index (χ0) is 11.9. The number of carbonyl (C=O) groups is 2. The monoisotopic (exact) mass is 254 g/mol. The van der Waals surface area contributed by atoms with Gasteiger partial charge >= 0.3 is 6.03 Å². The van der Waals surface area contributed by atoms with E-state index in [4.69, 9.17) is 10.7 Å². The van der Waals surface area contributed by atoms with Gasteiger partial charge in [-0.15, -0.1) is 0 Å². The number of nitrogens with one attached hydrogen (secondary N) is 2. The molecule has 0 saturated carbocycles. The van der Waals surface area contributed by atoms with Crippen molar-refractivity contribution in [2.24, 2.45) is 0 Å². The van der Waals surface area contributed by atoms with Crippen molar-refractivity contribution in [1.82, 2.24) is 10.6 Å². The maximum absolute atomic E-state index is 11.5. The summed E-state index contributed by atoms with van der Waals surface area (Å²) in [5.74, 6) is -0.660. The number of rotatable bonds is 3. The zero-order valence-electron chi connectivity index (χ0n) is 8.20. The Labute approximate surface area is 91.8 Å². The van der Waals surface area contributed by atoms with Crippen LogP contribution in [0.4, 0.5) is 4.79 Å². The molecule has 0 aromatic heterocycles. The van der Waals surface area contributed by atoms with E-state index in [1.807, 2.05) is 5.32 Å². The molecule has 2 unspecified atom stereocenters. The van der Waals surface area contributed by atoms with Gasteiger partial charge in [0.15, 0.2) is 0 Å². The summed E-state index contributed by atoms with van der Waals surface area (Å²) < 4.78 is 22.3. The summed E-state index contributed by atoms with van der Waals surface area (Å²) in [7, 11) is 1.27. The summed E-state index contributed by atoms with van der Waals surface area (Å²) >= 11 is 0. The van der Waals surface area contributed by atoms with Gasteiger partial charge in [-0.3, -0.25) is 10.1 Å². The smallest absolute Gasteiger partial charge is 0.322 e. The normalized spacial score (nSPS) is 28.5. The molecule has 0 spiro atoms. The summed E-state index contributed by atoms with van der Waals surface area (Å²) in [4.78, 5) is 22.5. The molecule has 2 N–H and O–H groups in total. The van der Waals surface area contributed by atoms with Crippen molar-refractivity contribution >= 4 is 31.7 Å². The molecule has 1 rings (SSSR count). The van der Waals surface area contributed by atoms with Gasteiger partial charge in [0.25, 0.3) is 5.91 Å². The van der Waals surface area contributed by atoms with E-state index in [-0.39, 0.29) is 6.42 Å². The predicted octanol–water partition coefficient (Wildman–Crippen LogP) is -0.0683. The van der Waals surface area contributed by atoms with E-state index in [9.17, 15) is 18.0 Å². The van der Waals surface area contributed by atoms with E-state index in [1.165, 1.54) is 6.92 Å². The highest BCUT2D eigenvalue weighted by atomic mass is 35.7. The highest BCUT2D eigenvalue weighted by Gasteiger charge is 2.53. The molecule has 1 fully saturated rings. The summed E-state index contributed by atoms with van der Waals surface area (Å²) in [6.45, 7) is 2.89. The van der Waals surface area contributed by atoms with Crippen molar-refractivity contribution < 1.29 is 18.0 Å². The van der Waals surface area contributed by atoms with E-state index in [1.54, 1.807) is 6.92 Å². The molecule has 0 aromatic carbocycles. The van der Waals surface area contributed by atoms with Gasteiger partial charge in [0, 0.05) is 10.7 Å². The first-order valence-electron chi connectivity index (χ1n) is 4.31. The first-order valence-corrected chi connectivity index (χ1v) is 6.68. The van der Waals surface area contributed by atoms with Gasteiger partial charge in [-0.25, -0.2) is 13.2 Å². The second kappa shape index (κ2) is 3.64. The number of carbonyl (C=O) groups excluding carboxylic acids is 2. The average molecular weight is 255 g/mol. The molecule has 15 heavy (non-hydrogen) atoms. The van der Waals surface area contributed by atoms with E-state index in [0.717, 1.165) is 0 Å². The number of hydrogen-bond acceptors (Lipinski definition) is 4. The molecule has 1 aliphatic rings. The molecular weight excluding hydrogens is 244 g/mol. The number of amides is 3. The third-order valence-electron chi connectivity index (χ3n) is 2.64. The van der Waals surface area contributed by atoms with Crippen LogP contribution in [0.3, 0.4) is 0 Å². The Hall–Kier alpha value is -0.820. The lowest BCUT2D eigenvalue weighted by molar-refractivity contribution is -0.124. The lowest BCUT2D eigenvalue weighted by Crippen LogP contribution is -2.56. The molecule has 6 nitrogen and oxygen atoms in total. The maximum Gasteiger partial charge on any atom is 0.322 e. The molecular formula is C7H11ClN2O4S. The van der Waals surface area contributed by atoms with Gasteiger partial charge in [0.2, 0.25) is 9.05 Å². The number of urea groups is 1. The number of halogens is 1. The molecule has 2 atom stereocenters. The molecule has 1 aliphatic heterocycles. The molecule has 86 valence electrons. The summed E-state index contributed by atoms with van der Waals surface area (Å²) in [6.07, 6.45) is 0.150. The summed E-state index contributed by atoms with van der Waals surface area (Å²) in [5.41, 5.74) is -1.46. The molecule has 8 heteroatoms. The van der Waals surface area contributed by atoms with Crippen LogP contribution in [0.1, 0.15) is 20.3 Å². The minimum absolute atomic E-state index is 0.150. The molecule has 0 aromatic rings. The van der Waals surface area contributed by atoms with Gasteiger partial charge in [0.05, 0.1) is 0 Å². The van der Waals surface area contributed by atoms with Crippen LogP contribution in [-0.2, 0) is 13.8 Å². The van der Waals surface area contributed by atoms with Crippen LogP contribution in [0, 0.1) is 0 Å². The molecule has 0 aliphatic carbocycles. The lowest BCUT2D eigenvalue weighted by Gasteiger charge is -2.28. The van der Waals surface area contributed by atoms with Crippen molar-refractivity contribution in [2.75, 3.05) is 0 Å². The van der Waals surface area contributed by atoms with Crippen molar-refractivity contribution in [3.63, 3.8) is 0 Å². The van der Waals surface area contributed by atoms with Gasteiger partial charge in [-0.05, 0) is 13.3 Å². The van der Waals surface area contributed by atoms with Crippen LogP contribution in [0.5, 0.6) is 0 Å². The Bertz CT molecular complexity index is 407.